The molecule has 4 nitrogen and oxygen atoms in total. The van der Waals surface area contributed by atoms with Crippen LogP contribution in [0.25, 0.3) is 0 Å². The van der Waals surface area contributed by atoms with Gasteiger partial charge >= 0.3 is 35.7 Å². The monoisotopic (exact) mass is 184 g/mol. The molecule has 0 heterocycles. The molecule has 62 valence electrons. The third-order valence-corrected chi connectivity index (χ3v) is 0.179. The molecule has 0 fully saturated rings. The van der Waals surface area contributed by atoms with E-state index in [4.69, 9.17) is 20.1 Å². The number of carboxylic acid groups (broad SMARTS) is 2. The molecule has 8 heteroatoms. The van der Waals surface area contributed by atoms with E-state index in [9.17, 15) is 13.2 Å². The molecule has 0 saturated heterocycles. The minimum atomic E-state index is -4.40. The Hall–Kier alpha value is 0.0200. The van der Waals surface area contributed by atoms with E-state index in [1.807, 2.05) is 0 Å². The van der Waals surface area contributed by atoms with Crippen molar-refractivity contribution in [2.24, 2.45) is 0 Å². The van der Waals surface area contributed by atoms with Crippen LogP contribution in [0, 0.1) is 0 Å². The second-order valence-electron chi connectivity index (χ2n) is 1.04. The summed E-state index contributed by atoms with van der Waals surface area (Å²) < 4.78 is 31.6. The summed E-state index contributed by atoms with van der Waals surface area (Å²) in [5.74, 6) is 0. The summed E-state index contributed by atoms with van der Waals surface area (Å²) >= 11 is 0. The van der Waals surface area contributed by atoms with E-state index < -0.39 is 18.9 Å². The summed E-state index contributed by atoms with van der Waals surface area (Å²) in [4.78, 5) is 8.44. The van der Waals surface area contributed by atoms with Gasteiger partial charge in [-0.2, -0.15) is 13.2 Å². The molecule has 2 N–H and O–H groups in total. The summed E-state index contributed by atoms with van der Waals surface area (Å²) in [5.41, 5.74) is 0. The van der Waals surface area contributed by atoms with Gasteiger partial charge in [-0.3, -0.25) is 0 Å². The average Bonchev–Trinajstić information content (AvgIpc) is 1.63. The van der Waals surface area contributed by atoms with Crippen molar-refractivity contribution < 1.29 is 62.8 Å². The largest absolute Gasteiger partial charge is 1.00 e. The molecule has 0 bridgehead atoms. The predicted molar refractivity (Wildman–Crippen MR) is 21.2 cm³/mol. The Kier molecular flexibility index (Phi) is 12.7. The zero-order valence-corrected chi connectivity index (χ0v) is 7.55. The summed E-state index contributed by atoms with van der Waals surface area (Å²) in [6, 6.07) is 0. The van der Waals surface area contributed by atoms with E-state index in [1.54, 1.807) is 0 Å². The number of alkyl halides is 3. The standard InChI is InChI=1S/C2H3F3O.CH2O3.Na/c3-2(4,5)1-6;2-1(3)4;/h6H,1H2;(H2,2,3,4);/q;;+1/p-1. The molecule has 0 aromatic rings. The number of aliphatic hydroxyl groups excluding tert-OH is 1. The Morgan fingerprint density at radius 1 is 1.45 bits per heavy atom. The number of hydrogen-bond donors (Lipinski definition) is 2. The normalized spacial score (nSPS) is 8.73. The molecular weight excluding hydrogens is 180 g/mol. The fourth-order valence-corrected chi connectivity index (χ4v) is 0. The quantitative estimate of drug-likeness (QED) is 0.381. The number of carbonyl (C=O) groups is 1. The first-order valence-corrected chi connectivity index (χ1v) is 1.87. The SMILES string of the molecule is O=C([O-])O.OCC(F)(F)F.[Na+]. The van der Waals surface area contributed by atoms with Gasteiger partial charge < -0.3 is 20.1 Å². The molecule has 0 aliphatic heterocycles. The molecule has 0 aliphatic rings. The van der Waals surface area contributed by atoms with Crippen molar-refractivity contribution in [1.82, 2.24) is 0 Å². The molecule has 0 spiro atoms. The molecule has 0 aromatic heterocycles. The zero-order chi connectivity index (χ0) is 8.78. The Balaban J connectivity index is -0.000000114. The van der Waals surface area contributed by atoms with Crippen molar-refractivity contribution >= 4 is 6.16 Å². The Morgan fingerprint density at radius 3 is 1.55 bits per heavy atom. The number of rotatable bonds is 0. The summed E-state index contributed by atoms with van der Waals surface area (Å²) in [6.07, 6.45) is -6.49. The minimum Gasteiger partial charge on any atom is -0.565 e. The first-order valence-electron chi connectivity index (χ1n) is 1.87. The summed E-state index contributed by atoms with van der Waals surface area (Å²) in [5, 5.41) is 22.6. The van der Waals surface area contributed by atoms with Crippen molar-refractivity contribution in [3.63, 3.8) is 0 Å². The van der Waals surface area contributed by atoms with Gasteiger partial charge in [-0.05, 0) is 0 Å². The van der Waals surface area contributed by atoms with E-state index in [1.165, 1.54) is 0 Å². The van der Waals surface area contributed by atoms with Gasteiger partial charge in [0.05, 0.1) is 0 Å². The minimum absolute atomic E-state index is 0. The van der Waals surface area contributed by atoms with Crippen LogP contribution >= 0.6 is 0 Å². The van der Waals surface area contributed by atoms with Gasteiger partial charge in [-0.25, -0.2) is 0 Å². The maximum Gasteiger partial charge on any atom is 1.00 e. The smallest absolute Gasteiger partial charge is 0.565 e. The van der Waals surface area contributed by atoms with Crippen LogP contribution in [0.5, 0.6) is 0 Å². The first-order chi connectivity index (χ1) is 4.29. The number of hydrogen-bond acceptors (Lipinski definition) is 3. The predicted octanol–water partition coefficient (Wildman–Crippen LogP) is -3.57. The van der Waals surface area contributed by atoms with Crippen LogP contribution in [0.3, 0.4) is 0 Å². The van der Waals surface area contributed by atoms with Crippen LogP contribution in [0.2, 0.25) is 0 Å². The molecule has 0 rings (SSSR count). The molecule has 0 unspecified atom stereocenters. The fraction of sp³-hybridized carbons (Fsp3) is 0.667. The topological polar surface area (TPSA) is 80.6 Å². The summed E-state index contributed by atoms with van der Waals surface area (Å²) in [7, 11) is 0. The number of aliphatic hydroxyl groups is 1. The van der Waals surface area contributed by atoms with E-state index in [0.717, 1.165) is 0 Å². The van der Waals surface area contributed by atoms with Gasteiger partial charge in [0.15, 0.2) is 0 Å². The number of halogens is 3. The van der Waals surface area contributed by atoms with Crippen molar-refractivity contribution in [2.45, 2.75) is 6.18 Å². The third kappa shape index (κ3) is 70.7. The van der Waals surface area contributed by atoms with Gasteiger partial charge in [-0.15, -0.1) is 0 Å². The molecule has 0 aromatic carbocycles. The van der Waals surface area contributed by atoms with Crippen LogP contribution in [-0.4, -0.2) is 29.2 Å². The van der Waals surface area contributed by atoms with Gasteiger partial charge in [-0.1, -0.05) is 0 Å². The Morgan fingerprint density at radius 2 is 1.55 bits per heavy atom. The van der Waals surface area contributed by atoms with Gasteiger partial charge in [0, 0.05) is 0 Å². The van der Waals surface area contributed by atoms with Crippen LogP contribution in [0.1, 0.15) is 0 Å². The van der Waals surface area contributed by atoms with Crippen molar-refractivity contribution in [3.05, 3.63) is 0 Å². The molecule has 0 saturated carbocycles. The summed E-state index contributed by atoms with van der Waals surface area (Å²) in [6.45, 7) is -1.73. The fourth-order valence-electron chi connectivity index (χ4n) is 0. The third-order valence-electron chi connectivity index (χ3n) is 0.179. The second-order valence-corrected chi connectivity index (χ2v) is 1.04. The maximum atomic E-state index is 10.5. The first kappa shape index (κ1) is 17.2. The molecule has 0 amide bonds. The average molecular weight is 184 g/mol. The second kappa shape index (κ2) is 8.12. The van der Waals surface area contributed by atoms with Gasteiger partial charge in [0.25, 0.3) is 0 Å². The molecule has 11 heavy (non-hydrogen) atoms. The molecule has 0 aliphatic carbocycles. The van der Waals surface area contributed by atoms with Crippen LogP contribution < -0.4 is 34.7 Å². The Labute approximate surface area is 81.9 Å². The van der Waals surface area contributed by atoms with Crippen molar-refractivity contribution in [3.8, 4) is 0 Å². The van der Waals surface area contributed by atoms with Gasteiger partial charge in [0.1, 0.15) is 6.61 Å². The molecular formula is C3H4F3NaO4. The Bertz CT molecular complexity index is 99.2. The van der Waals surface area contributed by atoms with E-state index >= 15 is 0 Å². The van der Waals surface area contributed by atoms with E-state index in [-0.39, 0.29) is 29.6 Å². The zero-order valence-electron chi connectivity index (χ0n) is 5.55. The van der Waals surface area contributed by atoms with E-state index in [0.29, 0.717) is 0 Å². The molecule has 0 atom stereocenters. The van der Waals surface area contributed by atoms with Crippen LogP contribution in [-0.2, 0) is 0 Å². The van der Waals surface area contributed by atoms with Crippen LogP contribution in [0.15, 0.2) is 0 Å². The maximum absolute atomic E-state index is 10.5. The van der Waals surface area contributed by atoms with Gasteiger partial charge in [0.2, 0.25) is 6.16 Å². The molecule has 0 radical (unpaired) electrons. The van der Waals surface area contributed by atoms with E-state index in [2.05, 4.69) is 0 Å². The van der Waals surface area contributed by atoms with Crippen molar-refractivity contribution in [2.75, 3.05) is 6.61 Å². The van der Waals surface area contributed by atoms with Crippen LogP contribution in [0.4, 0.5) is 18.0 Å². The van der Waals surface area contributed by atoms with Crippen molar-refractivity contribution in [1.29, 1.82) is 0 Å².